The van der Waals surface area contributed by atoms with Gasteiger partial charge in [-0.1, -0.05) is 26.8 Å². The maximum Gasteiger partial charge on any atom is 0.140 e. The molecule has 2 aromatic heterocycles. The molecule has 0 amide bonds. The Labute approximate surface area is 157 Å². The minimum Gasteiger partial charge on any atom is -0.497 e. The normalized spacial score (nSPS) is 11.5. The second-order valence-electron chi connectivity index (χ2n) is 7.10. The summed E-state index contributed by atoms with van der Waals surface area (Å²) < 4.78 is 7.68. The monoisotopic (exact) mass is 350 g/mol. The van der Waals surface area contributed by atoms with Crippen LogP contribution in [0.3, 0.4) is 0 Å². The molecule has 3 rings (SSSR count). The zero-order valence-electron chi connectivity index (χ0n) is 16.9. The summed E-state index contributed by atoms with van der Waals surface area (Å²) in [5.74, 6) is 1.50. The number of fused-ring (bicyclic) bond motifs is 1. The van der Waals surface area contributed by atoms with Crippen molar-refractivity contribution < 1.29 is 4.74 Å². The lowest BCUT2D eigenvalue weighted by Crippen LogP contribution is -2.01. The zero-order valence-corrected chi connectivity index (χ0v) is 16.9. The number of methoxy groups -OCH3 is 1. The number of ether oxygens (including phenoxy) is 1. The number of aryl methyl sites for hydroxylation is 3. The van der Waals surface area contributed by atoms with Crippen molar-refractivity contribution >= 4 is 5.65 Å². The van der Waals surface area contributed by atoms with Crippen molar-refractivity contribution in [1.29, 1.82) is 0 Å². The second kappa shape index (κ2) is 7.53. The van der Waals surface area contributed by atoms with Crippen LogP contribution in [0.15, 0.2) is 30.5 Å². The summed E-state index contributed by atoms with van der Waals surface area (Å²) in [5, 5.41) is 0. The minimum atomic E-state index is 0.608. The van der Waals surface area contributed by atoms with Crippen LogP contribution in [-0.4, -0.2) is 16.5 Å². The van der Waals surface area contributed by atoms with Crippen molar-refractivity contribution in [2.24, 2.45) is 0 Å². The minimum absolute atomic E-state index is 0.608. The predicted molar refractivity (Wildman–Crippen MR) is 109 cm³/mol. The summed E-state index contributed by atoms with van der Waals surface area (Å²) in [6, 6.07) is 8.56. The van der Waals surface area contributed by atoms with Crippen LogP contribution in [0.1, 0.15) is 61.9 Å². The van der Waals surface area contributed by atoms with Gasteiger partial charge >= 0.3 is 0 Å². The highest BCUT2D eigenvalue weighted by Crippen LogP contribution is 2.32. The molecule has 0 spiro atoms. The van der Waals surface area contributed by atoms with Gasteiger partial charge in [-0.05, 0) is 73.9 Å². The Bertz CT molecular complexity index is 920. The molecule has 26 heavy (non-hydrogen) atoms. The van der Waals surface area contributed by atoms with E-state index in [9.17, 15) is 0 Å². The van der Waals surface area contributed by atoms with Gasteiger partial charge in [0, 0.05) is 11.8 Å². The van der Waals surface area contributed by atoms with Gasteiger partial charge in [0.15, 0.2) is 0 Å². The molecule has 0 bridgehead atoms. The molecular weight excluding hydrogens is 320 g/mol. The maximum absolute atomic E-state index is 5.36. The Morgan fingerprint density at radius 1 is 1.04 bits per heavy atom. The molecule has 0 fully saturated rings. The summed E-state index contributed by atoms with van der Waals surface area (Å²) in [6.45, 7) is 11.1. The van der Waals surface area contributed by atoms with E-state index in [0.29, 0.717) is 5.92 Å². The van der Waals surface area contributed by atoms with Gasteiger partial charge in [-0.15, -0.1) is 0 Å². The van der Waals surface area contributed by atoms with Crippen LogP contribution in [0.4, 0.5) is 0 Å². The summed E-state index contributed by atoms with van der Waals surface area (Å²) >= 11 is 0. The summed E-state index contributed by atoms with van der Waals surface area (Å²) in [5.41, 5.74) is 8.50. The SMILES string of the molecule is CCc1c(-c2ccc(OC)cc2C)nc2c(C)cc(C(CC)CC)cn12. The molecule has 0 aliphatic carbocycles. The summed E-state index contributed by atoms with van der Waals surface area (Å²) in [7, 11) is 1.71. The topological polar surface area (TPSA) is 26.5 Å². The highest BCUT2D eigenvalue weighted by molar-refractivity contribution is 5.71. The molecule has 0 atom stereocenters. The van der Waals surface area contributed by atoms with E-state index in [0.717, 1.165) is 23.5 Å². The third-order valence-corrected chi connectivity index (χ3v) is 5.50. The fourth-order valence-electron chi connectivity index (χ4n) is 3.95. The van der Waals surface area contributed by atoms with Crippen LogP contribution in [0, 0.1) is 13.8 Å². The van der Waals surface area contributed by atoms with E-state index in [1.54, 1.807) is 7.11 Å². The van der Waals surface area contributed by atoms with Gasteiger partial charge in [-0.3, -0.25) is 0 Å². The van der Waals surface area contributed by atoms with Crippen molar-refractivity contribution in [3.05, 3.63) is 52.8 Å². The Hall–Kier alpha value is -2.29. The number of hydrogen-bond donors (Lipinski definition) is 0. The number of rotatable bonds is 6. The first-order valence-electron chi connectivity index (χ1n) is 9.70. The van der Waals surface area contributed by atoms with Crippen LogP contribution < -0.4 is 4.74 Å². The quantitative estimate of drug-likeness (QED) is 0.537. The van der Waals surface area contributed by atoms with Crippen LogP contribution in [-0.2, 0) is 6.42 Å². The van der Waals surface area contributed by atoms with E-state index >= 15 is 0 Å². The first-order chi connectivity index (χ1) is 12.5. The molecule has 0 saturated heterocycles. The molecule has 0 N–H and O–H groups in total. The first kappa shape index (κ1) is 18.5. The molecule has 3 nitrogen and oxygen atoms in total. The van der Waals surface area contributed by atoms with E-state index in [1.807, 2.05) is 6.07 Å². The molecule has 0 unspecified atom stereocenters. The Kier molecular flexibility index (Phi) is 5.36. The van der Waals surface area contributed by atoms with Crippen LogP contribution in [0.25, 0.3) is 16.9 Å². The lowest BCUT2D eigenvalue weighted by molar-refractivity contribution is 0.414. The van der Waals surface area contributed by atoms with E-state index in [4.69, 9.17) is 9.72 Å². The standard InChI is InChI=1S/C23H30N2O/c1-7-17(8-2)18-12-16(5)23-24-22(21(9-3)25(23)14-18)20-11-10-19(26-6)13-15(20)4/h10-14,17H,7-9H2,1-6H3. The molecule has 1 aromatic carbocycles. The fraction of sp³-hybridized carbons (Fsp3) is 0.435. The largest absolute Gasteiger partial charge is 0.497 e. The fourth-order valence-corrected chi connectivity index (χ4v) is 3.95. The van der Waals surface area contributed by atoms with Gasteiger partial charge in [0.1, 0.15) is 11.4 Å². The lowest BCUT2D eigenvalue weighted by atomic mass is 9.94. The van der Waals surface area contributed by atoms with Gasteiger partial charge in [0.2, 0.25) is 0 Å². The van der Waals surface area contributed by atoms with Crippen LogP contribution >= 0.6 is 0 Å². The summed E-state index contributed by atoms with van der Waals surface area (Å²) in [6.07, 6.45) is 5.60. The van der Waals surface area contributed by atoms with Crippen molar-refractivity contribution in [3.8, 4) is 17.0 Å². The van der Waals surface area contributed by atoms with Crippen molar-refractivity contribution in [1.82, 2.24) is 9.38 Å². The third kappa shape index (κ3) is 3.11. The highest BCUT2D eigenvalue weighted by Gasteiger charge is 2.18. The predicted octanol–water partition coefficient (Wildman–Crippen LogP) is 6.09. The maximum atomic E-state index is 5.36. The first-order valence-corrected chi connectivity index (χ1v) is 9.70. The molecule has 3 aromatic rings. The number of aromatic nitrogens is 2. The molecular formula is C23H30N2O. The molecule has 0 aliphatic heterocycles. The average Bonchev–Trinajstić information content (AvgIpc) is 3.01. The molecule has 138 valence electrons. The molecule has 0 saturated carbocycles. The molecule has 0 aliphatic rings. The number of nitrogens with zero attached hydrogens (tertiary/aromatic N) is 2. The van der Waals surface area contributed by atoms with Crippen LogP contribution in [0.5, 0.6) is 5.75 Å². The average molecular weight is 351 g/mol. The number of pyridine rings is 1. The van der Waals surface area contributed by atoms with Crippen molar-refractivity contribution in [2.45, 2.75) is 59.8 Å². The van der Waals surface area contributed by atoms with Crippen LogP contribution in [0.2, 0.25) is 0 Å². The lowest BCUT2D eigenvalue weighted by Gasteiger charge is -2.15. The van der Waals surface area contributed by atoms with Gasteiger partial charge in [-0.25, -0.2) is 4.98 Å². The highest BCUT2D eigenvalue weighted by atomic mass is 16.5. The smallest absolute Gasteiger partial charge is 0.140 e. The summed E-state index contributed by atoms with van der Waals surface area (Å²) in [4.78, 5) is 5.04. The Morgan fingerprint density at radius 3 is 2.35 bits per heavy atom. The third-order valence-electron chi connectivity index (χ3n) is 5.50. The Balaban J connectivity index is 2.23. The van der Waals surface area contributed by atoms with E-state index < -0.39 is 0 Å². The van der Waals surface area contributed by atoms with Gasteiger partial charge in [0.25, 0.3) is 0 Å². The van der Waals surface area contributed by atoms with E-state index in [-0.39, 0.29) is 0 Å². The van der Waals surface area contributed by atoms with Crippen molar-refractivity contribution in [2.75, 3.05) is 7.11 Å². The second-order valence-corrected chi connectivity index (χ2v) is 7.10. The Morgan fingerprint density at radius 2 is 1.77 bits per heavy atom. The number of imidazole rings is 1. The number of hydrogen-bond acceptors (Lipinski definition) is 2. The van der Waals surface area contributed by atoms with Crippen molar-refractivity contribution in [3.63, 3.8) is 0 Å². The van der Waals surface area contributed by atoms with Gasteiger partial charge in [-0.2, -0.15) is 0 Å². The van der Waals surface area contributed by atoms with E-state index in [2.05, 4.69) is 63.4 Å². The molecule has 3 heteroatoms. The zero-order chi connectivity index (χ0) is 18.8. The molecule has 0 radical (unpaired) electrons. The van der Waals surface area contributed by atoms with E-state index in [1.165, 1.54) is 40.8 Å². The molecule has 2 heterocycles. The van der Waals surface area contributed by atoms with Gasteiger partial charge in [0.05, 0.1) is 18.5 Å². The van der Waals surface area contributed by atoms with Gasteiger partial charge < -0.3 is 9.14 Å². The number of benzene rings is 1.